The molecule has 1 N–H and O–H groups in total. The predicted octanol–water partition coefficient (Wildman–Crippen LogP) is 2.17. The number of piperidine rings is 1. The first kappa shape index (κ1) is 21.9. The maximum absolute atomic E-state index is 12.6. The zero-order valence-electron chi connectivity index (χ0n) is 18.0. The Labute approximate surface area is 177 Å². The molecule has 1 atom stereocenters. The van der Waals surface area contributed by atoms with Crippen molar-refractivity contribution in [2.75, 3.05) is 32.8 Å². The number of likely N-dealkylation sites (tertiary alicyclic amines) is 1. The lowest BCUT2D eigenvalue weighted by molar-refractivity contribution is -0.134. The van der Waals surface area contributed by atoms with Gasteiger partial charge in [-0.3, -0.25) is 9.59 Å². The summed E-state index contributed by atoms with van der Waals surface area (Å²) in [7, 11) is 0. The van der Waals surface area contributed by atoms with Crippen LogP contribution in [0.5, 0.6) is 5.75 Å². The van der Waals surface area contributed by atoms with Crippen LogP contribution in [0.4, 0.5) is 4.79 Å². The lowest BCUT2D eigenvalue weighted by Gasteiger charge is -2.33. The van der Waals surface area contributed by atoms with Crippen LogP contribution in [-0.2, 0) is 20.9 Å². The summed E-state index contributed by atoms with van der Waals surface area (Å²) in [5.74, 6) is 0.258. The van der Waals surface area contributed by atoms with E-state index in [4.69, 9.17) is 9.47 Å². The molecular formula is C22H31N3O5. The van der Waals surface area contributed by atoms with E-state index in [1.807, 2.05) is 45.0 Å². The third-order valence-electron chi connectivity index (χ3n) is 5.16. The summed E-state index contributed by atoms with van der Waals surface area (Å²) >= 11 is 0. The van der Waals surface area contributed by atoms with E-state index >= 15 is 0 Å². The monoisotopic (exact) mass is 417 g/mol. The smallest absolute Gasteiger partial charge is 0.410 e. The summed E-state index contributed by atoms with van der Waals surface area (Å²) in [4.78, 5) is 40.5. The van der Waals surface area contributed by atoms with Crippen molar-refractivity contribution in [3.05, 3.63) is 29.8 Å². The quantitative estimate of drug-likeness (QED) is 0.811. The molecule has 164 valence electrons. The minimum absolute atomic E-state index is 0.00155. The normalized spacial score (nSPS) is 19.4. The minimum Gasteiger partial charge on any atom is -0.483 e. The molecule has 30 heavy (non-hydrogen) atoms. The summed E-state index contributed by atoms with van der Waals surface area (Å²) in [6.07, 6.45) is 1.11. The summed E-state index contributed by atoms with van der Waals surface area (Å²) in [5, 5.41) is 2.92. The highest BCUT2D eigenvalue weighted by Crippen LogP contribution is 2.23. The summed E-state index contributed by atoms with van der Waals surface area (Å²) in [5.41, 5.74) is 0.392. The molecule has 1 fully saturated rings. The number of hydrogen-bond acceptors (Lipinski definition) is 5. The van der Waals surface area contributed by atoms with Crippen molar-refractivity contribution in [2.45, 2.75) is 45.8 Å². The lowest BCUT2D eigenvalue weighted by atomic mass is 9.97. The summed E-state index contributed by atoms with van der Waals surface area (Å²) < 4.78 is 11.0. The van der Waals surface area contributed by atoms with Gasteiger partial charge in [0.05, 0.1) is 5.92 Å². The van der Waals surface area contributed by atoms with E-state index < -0.39 is 5.60 Å². The molecule has 3 amide bonds. The zero-order chi connectivity index (χ0) is 21.7. The summed E-state index contributed by atoms with van der Waals surface area (Å²) in [6.45, 7) is 7.65. The van der Waals surface area contributed by atoms with Crippen molar-refractivity contribution in [2.24, 2.45) is 5.92 Å². The molecule has 2 heterocycles. The molecule has 1 aromatic carbocycles. The first-order valence-corrected chi connectivity index (χ1v) is 10.5. The van der Waals surface area contributed by atoms with Gasteiger partial charge in [-0.15, -0.1) is 0 Å². The van der Waals surface area contributed by atoms with Gasteiger partial charge in [0.1, 0.15) is 11.4 Å². The molecule has 8 heteroatoms. The third kappa shape index (κ3) is 5.87. The van der Waals surface area contributed by atoms with Crippen LogP contribution in [-0.4, -0.2) is 66.1 Å². The van der Waals surface area contributed by atoms with Gasteiger partial charge in [0.2, 0.25) is 5.91 Å². The van der Waals surface area contributed by atoms with Crippen LogP contribution < -0.4 is 10.1 Å². The Kier molecular flexibility index (Phi) is 6.84. The topological polar surface area (TPSA) is 88.2 Å². The van der Waals surface area contributed by atoms with Gasteiger partial charge in [-0.05, 0) is 39.7 Å². The van der Waals surface area contributed by atoms with E-state index in [1.54, 1.807) is 9.80 Å². The van der Waals surface area contributed by atoms with E-state index in [1.165, 1.54) is 0 Å². The Hall–Kier alpha value is -2.77. The number of para-hydroxylation sites is 1. The molecule has 2 aliphatic heterocycles. The number of carbonyl (C=O) groups is 3. The van der Waals surface area contributed by atoms with Crippen molar-refractivity contribution < 1.29 is 23.9 Å². The van der Waals surface area contributed by atoms with Crippen molar-refractivity contribution in [1.82, 2.24) is 15.1 Å². The van der Waals surface area contributed by atoms with Gasteiger partial charge in [0.15, 0.2) is 6.61 Å². The number of ether oxygens (including phenoxy) is 2. The third-order valence-corrected chi connectivity index (χ3v) is 5.16. The van der Waals surface area contributed by atoms with E-state index in [9.17, 15) is 14.4 Å². The molecule has 0 aromatic heterocycles. The van der Waals surface area contributed by atoms with Crippen molar-refractivity contribution >= 4 is 17.9 Å². The predicted molar refractivity (Wildman–Crippen MR) is 111 cm³/mol. The molecule has 1 unspecified atom stereocenters. The molecule has 0 aliphatic carbocycles. The molecule has 1 saturated heterocycles. The van der Waals surface area contributed by atoms with Gasteiger partial charge >= 0.3 is 6.09 Å². The second-order valence-corrected chi connectivity index (χ2v) is 8.77. The number of rotatable bonds is 4. The standard InChI is InChI=1S/C22H31N3O5/c1-22(2,3)30-21(28)25-11-6-8-17(14-25)20(27)23-10-12-24-13-16-7-4-5-9-18(16)29-15-19(24)26/h4-5,7,9,17H,6,8,10-15H2,1-3H3,(H,23,27). The van der Waals surface area contributed by atoms with Crippen LogP contribution in [0.2, 0.25) is 0 Å². The molecule has 0 radical (unpaired) electrons. The Morgan fingerprint density at radius 1 is 1.27 bits per heavy atom. The Bertz CT molecular complexity index is 789. The second kappa shape index (κ2) is 9.36. The summed E-state index contributed by atoms with van der Waals surface area (Å²) in [6, 6.07) is 7.58. The Morgan fingerprint density at radius 2 is 2.03 bits per heavy atom. The first-order valence-electron chi connectivity index (χ1n) is 10.5. The highest BCUT2D eigenvalue weighted by atomic mass is 16.6. The Balaban J connectivity index is 1.48. The van der Waals surface area contributed by atoms with Crippen LogP contribution in [0.25, 0.3) is 0 Å². The number of carbonyl (C=O) groups excluding carboxylic acids is 3. The van der Waals surface area contributed by atoms with Gasteiger partial charge in [-0.2, -0.15) is 0 Å². The van der Waals surface area contributed by atoms with Crippen LogP contribution in [0, 0.1) is 5.92 Å². The highest BCUT2D eigenvalue weighted by molar-refractivity contribution is 5.80. The van der Waals surface area contributed by atoms with Gasteiger partial charge < -0.3 is 24.6 Å². The minimum atomic E-state index is -0.561. The van der Waals surface area contributed by atoms with Crippen molar-refractivity contribution in [3.8, 4) is 5.75 Å². The first-order chi connectivity index (χ1) is 14.2. The molecular weight excluding hydrogens is 386 g/mol. The van der Waals surface area contributed by atoms with Gasteiger partial charge in [0.25, 0.3) is 5.91 Å². The average molecular weight is 418 g/mol. The van der Waals surface area contributed by atoms with E-state index in [0.29, 0.717) is 32.7 Å². The molecule has 3 rings (SSSR count). The number of nitrogens with zero attached hydrogens (tertiary/aromatic N) is 2. The van der Waals surface area contributed by atoms with Gasteiger partial charge in [-0.25, -0.2) is 4.79 Å². The fourth-order valence-electron chi connectivity index (χ4n) is 3.65. The number of fused-ring (bicyclic) bond motifs is 1. The molecule has 8 nitrogen and oxygen atoms in total. The molecule has 0 saturated carbocycles. The number of nitrogens with one attached hydrogen (secondary N) is 1. The lowest BCUT2D eigenvalue weighted by Crippen LogP contribution is -2.48. The van der Waals surface area contributed by atoms with Crippen LogP contribution in [0.1, 0.15) is 39.2 Å². The molecule has 1 aromatic rings. The van der Waals surface area contributed by atoms with E-state index in [-0.39, 0.29) is 30.4 Å². The fraction of sp³-hybridized carbons (Fsp3) is 0.591. The molecule has 0 bridgehead atoms. The van der Waals surface area contributed by atoms with E-state index in [2.05, 4.69) is 5.32 Å². The van der Waals surface area contributed by atoms with Crippen LogP contribution in [0.3, 0.4) is 0 Å². The van der Waals surface area contributed by atoms with Gasteiger partial charge in [-0.1, -0.05) is 18.2 Å². The number of amides is 3. The number of benzene rings is 1. The largest absolute Gasteiger partial charge is 0.483 e. The SMILES string of the molecule is CC(C)(C)OC(=O)N1CCCC(C(=O)NCCN2Cc3ccccc3OCC2=O)C1. The molecule has 2 aliphatic rings. The average Bonchev–Trinajstić information content (AvgIpc) is 2.86. The van der Waals surface area contributed by atoms with Crippen molar-refractivity contribution in [3.63, 3.8) is 0 Å². The Morgan fingerprint density at radius 3 is 2.80 bits per heavy atom. The fourth-order valence-corrected chi connectivity index (χ4v) is 3.65. The van der Waals surface area contributed by atoms with Crippen LogP contribution >= 0.6 is 0 Å². The van der Waals surface area contributed by atoms with Gasteiger partial charge in [0, 0.05) is 38.3 Å². The second-order valence-electron chi connectivity index (χ2n) is 8.77. The zero-order valence-corrected chi connectivity index (χ0v) is 18.0. The number of hydrogen-bond donors (Lipinski definition) is 1. The van der Waals surface area contributed by atoms with Crippen LogP contribution in [0.15, 0.2) is 24.3 Å². The van der Waals surface area contributed by atoms with Crippen molar-refractivity contribution in [1.29, 1.82) is 0 Å². The highest BCUT2D eigenvalue weighted by Gasteiger charge is 2.31. The van der Waals surface area contributed by atoms with E-state index in [0.717, 1.165) is 24.2 Å². The maximum atomic E-state index is 12.6. The maximum Gasteiger partial charge on any atom is 0.410 e. The molecule has 0 spiro atoms.